The van der Waals surface area contributed by atoms with Gasteiger partial charge in [0.2, 0.25) is 5.91 Å². The van der Waals surface area contributed by atoms with Crippen molar-refractivity contribution in [3.63, 3.8) is 0 Å². The number of rotatable bonds is 7. The SMILES string of the molecule is COc1ccc(OC)c(NC(=O)C=Cc2cc(Br)c(OC)c(OC)c2)c1. The van der Waals surface area contributed by atoms with Gasteiger partial charge >= 0.3 is 0 Å². The van der Waals surface area contributed by atoms with E-state index in [9.17, 15) is 4.79 Å². The molecule has 7 heteroatoms. The van der Waals surface area contributed by atoms with Crippen LogP contribution in [-0.4, -0.2) is 34.3 Å². The number of halogens is 1. The molecule has 2 rings (SSSR count). The highest BCUT2D eigenvalue weighted by molar-refractivity contribution is 9.10. The summed E-state index contributed by atoms with van der Waals surface area (Å²) in [5.41, 5.74) is 1.30. The molecule has 0 aliphatic rings. The molecular formula is C19H20BrNO5. The first-order valence-electron chi connectivity index (χ1n) is 7.65. The Labute approximate surface area is 160 Å². The topological polar surface area (TPSA) is 66.0 Å². The number of methoxy groups -OCH3 is 4. The van der Waals surface area contributed by atoms with Gasteiger partial charge in [-0.25, -0.2) is 0 Å². The van der Waals surface area contributed by atoms with Crippen LogP contribution < -0.4 is 24.3 Å². The molecule has 0 saturated carbocycles. The number of hydrogen-bond acceptors (Lipinski definition) is 5. The van der Waals surface area contributed by atoms with E-state index in [1.807, 2.05) is 6.07 Å². The number of hydrogen-bond donors (Lipinski definition) is 1. The van der Waals surface area contributed by atoms with Crippen LogP contribution in [0.5, 0.6) is 23.0 Å². The van der Waals surface area contributed by atoms with Gasteiger partial charge in [0, 0.05) is 12.1 Å². The highest BCUT2D eigenvalue weighted by atomic mass is 79.9. The zero-order chi connectivity index (χ0) is 19.1. The minimum Gasteiger partial charge on any atom is -0.497 e. The lowest BCUT2D eigenvalue weighted by Crippen LogP contribution is -2.09. The molecule has 0 unspecified atom stereocenters. The van der Waals surface area contributed by atoms with Crippen molar-refractivity contribution in [1.82, 2.24) is 0 Å². The predicted octanol–water partition coefficient (Wildman–Crippen LogP) is 4.14. The largest absolute Gasteiger partial charge is 0.497 e. The van der Waals surface area contributed by atoms with E-state index < -0.39 is 0 Å². The van der Waals surface area contributed by atoms with Crippen molar-refractivity contribution in [3.8, 4) is 23.0 Å². The van der Waals surface area contributed by atoms with E-state index in [2.05, 4.69) is 21.2 Å². The number of benzene rings is 2. The van der Waals surface area contributed by atoms with Crippen LogP contribution in [0.2, 0.25) is 0 Å². The fourth-order valence-corrected chi connectivity index (χ4v) is 2.91. The van der Waals surface area contributed by atoms with Crippen molar-refractivity contribution in [2.75, 3.05) is 33.8 Å². The molecule has 26 heavy (non-hydrogen) atoms. The van der Waals surface area contributed by atoms with Crippen molar-refractivity contribution < 1.29 is 23.7 Å². The van der Waals surface area contributed by atoms with Gasteiger partial charge in [-0.1, -0.05) is 0 Å². The molecule has 0 spiro atoms. The summed E-state index contributed by atoms with van der Waals surface area (Å²) in [6, 6.07) is 8.78. The molecule has 0 saturated heterocycles. The number of anilines is 1. The van der Waals surface area contributed by atoms with Gasteiger partial charge in [-0.3, -0.25) is 4.79 Å². The molecule has 0 heterocycles. The quantitative estimate of drug-likeness (QED) is 0.680. The summed E-state index contributed by atoms with van der Waals surface area (Å²) in [6.07, 6.45) is 3.10. The Morgan fingerprint density at radius 2 is 1.69 bits per heavy atom. The standard InChI is InChI=1S/C19H20BrNO5/c1-23-13-6-7-16(24-2)15(11-13)21-18(22)8-5-12-9-14(20)19(26-4)17(10-12)25-3/h5-11H,1-4H3,(H,21,22). The van der Waals surface area contributed by atoms with Gasteiger partial charge in [-0.05, 0) is 51.8 Å². The van der Waals surface area contributed by atoms with Crippen molar-refractivity contribution in [2.45, 2.75) is 0 Å². The average Bonchev–Trinajstić information content (AvgIpc) is 2.65. The van der Waals surface area contributed by atoms with Gasteiger partial charge in [0.05, 0.1) is 38.6 Å². The maximum Gasteiger partial charge on any atom is 0.248 e. The van der Waals surface area contributed by atoms with Crippen LogP contribution in [0.25, 0.3) is 6.08 Å². The maximum absolute atomic E-state index is 12.3. The third-order valence-electron chi connectivity index (χ3n) is 3.55. The number of carbonyl (C=O) groups excluding carboxylic acids is 1. The molecule has 0 bridgehead atoms. The van der Waals surface area contributed by atoms with E-state index in [4.69, 9.17) is 18.9 Å². The Bertz CT molecular complexity index is 820. The molecule has 0 aromatic heterocycles. The van der Waals surface area contributed by atoms with Gasteiger partial charge in [0.1, 0.15) is 11.5 Å². The Hall–Kier alpha value is -2.67. The minimum absolute atomic E-state index is 0.303. The number of carbonyl (C=O) groups is 1. The fourth-order valence-electron chi connectivity index (χ4n) is 2.29. The summed E-state index contributed by atoms with van der Waals surface area (Å²) >= 11 is 3.42. The van der Waals surface area contributed by atoms with E-state index in [1.54, 1.807) is 51.7 Å². The molecule has 2 aromatic rings. The summed E-state index contributed by atoms with van der Waals surface area (Å²) in [5, 5.41) is 2.77. The van der Waals surface area contributed by atoms with Gasteiger partial charge in [0.15, 0.2) is 11.5 Å². The second-order valence-electron chi connectivity index (χ2n) is 5.13. The molecule has 138 valence electrons. The second kappa shape index (κ2) is 9.15. The summed E-state index contributed by atoms with van der Waals surface area (Å²) in [6.45, 7) is 0. The Morgan fingerprint density at radius 1 is 0.962 bits per heavy atom. The Morgan fingerprint density at radius 3 is 2.31 bits per heavy atom. The van der Waals surface area contributed by atoms with Crippen LogP contribution in [0.1, 0.15) is 5.56 Å². The summed E-state index contributed by atoms with van der Waals surface area (Å²) in [5.74, 6) is 2.02. The monoisotopic (exact) mass is 421 g/mol. The van der Waals surface area contributed by atoms with Gasteiger partial charge < -0.3 is 24.3 Å². The summed E-state index contributed by atoms with van der Waals surface area (Å²) < 4.78 is 21.7. The Balaban J connectivity index is 2.19. The first-order chi connectivity index (χ1) is 12.5. The Kier molecular flexibility index (Phi) is 6.91. The van der Waals surface area contributed by atoms with Crippen molar-refractivity contribution >= 4 is 33.6 Å². The van der Waals surface area contributed by atoms with Crippen molar-refractivity contribution in [3.05, 3.63) is 46.4 Å². The molecule has 1 amide bonds. The van der Waals surface area contributed by atoms with Crippen LogP contribution >= 0.6 is 15.9 Å². The van der Waals surface area contributed by atoms with Crippen LogP contribution in [0.3, 0.4) is 0 Å². The smallest absolute Gasteiger partial charge is 0.248 e. The van der Waals surface area contributed by atoms with Gasteiger partial charge in [-0.15, -0.1) is 0 Å². The summed E-state index contributed by atoms with van der Waals surface area (Å²) in [7, 11) is 6.21. The third kappa shape index (κ3) is 4.70. The minimum atomic E-state index is -0.303. The van der Waals surface area contributed by atoms with Crippen LogP contribution in [0.15, 0.2) is 40.9 Å². The normalized spacial score (nSPS) is 10.5. The molecule has 2 aromatic carbocycles. The third-order valence-corrected chi connectivity index (χ3v) is 4.14. The lowest BCUT2D eigenvalue weighted by molar-refractivity contribution is -0.111. The number of ether oxygens (including phenoxy) is 4. The van der Waals surface area contributed by atoms with Crippen molar-refractivity contribution in [1.29, 1.82) is 0 Å². The van der Waals surface area contributed by atoms with Gasteiger partial charge in [0.25, 0.3) is 0 Å². The van der Waals surface area contributed by atoms with Crippen molar-refractivity contribution in [2.24, 2.45) is 0 Å². The molecule has 6 nitrogen and oxygen atoms in total. The number of amides is 1. The highest BCUT2D eigenvalue weighted by Crippen LogP contribution is 2.36. The molecule has 0 aliphatic carbocycles. The van der Waals surface area contributed by atoms with E-state index in [-0.39, 0.29) is 5.91 Å². The molecule has 0 atom stereocenters. The van der Waals surface area contributed by atoms with Crippen LogP contribution in [-0.2, 0) is 4.79 Å². The average molecular weight is 422 g/mol. The summed E-state index contributed by atoms with van der Waals surface area (Å²) in [4.78, 5) is 12.3. The molecular weight excluding hydrogens is 402 g/mol. The zero-order valence-electron chi connectivity index (χ0n) is 15.0. The van der Waals surface area contributed by atoms with E-state index >= 15 is 0 Å². The predicted molar refractivity (Wildman–Crippen MR) is 104 cm³/mol. The molecule has 0 radical (unpaired) electrons. The zero-order valence-corrected chi connectivity index (χ0v) is 16.5. The van der Waals surface area contributed by atoms with E-state index in [0.717, 1.165) is 10.0 Å². The van der Waals surface area contributed by atoms with Crippen LogP contribution in [0.4, 0.5) is 5.69 Å². The molecule has 0 aliphatic heterocycles. The lowest BCUT2D eigenvalue weighted by Gasteiger charge is -2.11. The first-order valence-corrected chi connectivity index (χ1v) is 8.44. The number of nitrogens with one attached hydrogen (secondary N) is 1. The lowest BCUT2D eigenvalue weighted by atomic mass is 10.2. The maximum atomic E-state index is 12.3. The molecule has 0 fully saturated rings. The van der Waals surface area contributed by atoms with Crippen LogP contribution in [0, 0.1) is 0 Å². The highest BCUT2D eigenvalue weighted by Gasteiger charge is 2.10. The van der Waals surface area contributed by atoms with Gasteiger partial charge in [-0.2, -0.15) is 0 Å². The molecule has 1 N–H and O–H groups in total. The van der Waals surface area contributed by atoms with E-state index in [1.165, 1.54) is 13.2 Å². The second-order valence-corrected chi connectivity index (χ2v) is 5.98. The van der Waals surface area contributed by atoms with E-state index in [0.29, 0.717) is 28.7 Å². The first kappa shape index (κ1) is 19.7. The fraction of sp³-hybridized carbons (Fsp3) is 0.211.